The van der Waals surface area contributed by atoms with Gasteiger partial charge in [0.15, 0.2) is 0 Å². The number of nitrogens with zero attached hydrogens (tertiary/aromatic N) is 1. The van der Waals surface area contributed by atoms with E-state index in [9.17, 15) is 9.59 Å². The Hall–Kier alpha value is -1.99. The Balaban J connectivity index is 2.45. The van der Waals surface area contributed by atoms with E-state index in [-0.39, 0.29) is 31.2 Å². The topological polar surface area (TPSA) is 111 Å². The minimum atomic E-state index is -1.24. The van der Waals surface area contributed by atoms with Crippen LogP contribution in [-0.2, 0) is 16.0 Å². The Morgan fingerprint density at radius 1 is 1.31 bits per heavy atom. The van der Waals surface area contributed by atoms with Crippen LogP contribution in [0.25, 0.3) is 10.2 Å². The number of hydrogen-bond acceptors (Lipinski definition) is 5. The monoisotopic (exact) mass is 376 g/mol. The molecule has 1 aromatic carbocycles. The van der Waals surface area contributed by atoms with Gasteiger partial charge in [0, 0.05) is 18.8 Å². The fourth-order valence-electron chi connectivity index (χ4n) is 2.93. The molecule has 2 rings (SSSR count). The number of benzene rings is 1. The van der Waals surface area contributed by atoms with E-state index in [4.69, 9.17) is 11.5 Å². The molecule has 1 heterocycles. The molecule has 0 saturated carbocycles. The molecule has 7 heteroatoms. The molecule has 0 aliphatic heterocycles. The Morgan fingerprint density at radius 2 is 2.00 bits per heavy atom. The number of nitrogens with two attached hydrogens (primary N) is 2. The van der Waals surface area contributed by atoms with Gasteiger partial charge in [-0.1, -0.05) is 33.8 Å². The molecule has 0 spiro atoms. The fraction of sp³-hybridized carbons (Fsp3) is 0.526. The first-order chi connectivity index (χ1) is 12.2. The van der Waals surface area contributed by atoms with Gasteiger partial charge in [0.2, 0.25) is 11.8 Å². The van der Waals surface area contributed by atoms with Gasteiger partial charge < -0.3 is 16.8 Å². The number of primary amides is 1. The van der Waals surface area contributed by atoms with Crippen LogP contribution in [0.2, 0.25) is 0 Å². The Morgan fingerprint density at radius 3 is 2.54 bits per heavy atom. The Labute approximate surface area is 158 Å². The minimum absolute atomic E-state index is 0.229. The van der Waals surface area contributed by atoms with Crippen molar-refractivity contribution in [3.63, 3.8) is 0 Å². The van der Waals surface area contributed by atoms with Crippen molar-refractivity contribution >= 4 is 33.4 Å². The summed E-state index contributed by atoms with van der Waals surface area (Å²) in [6.07, 6.45) is 0.507. The first-order valence-electron chi connectivity index (χ1n) is 8.93. The summed E-state index contributed by atoms with van der Waals surface area (Å²) < 4.78 is 1.06. The zero-order valence-electron chi connectivity index (χ0n) is 15.8. The number of carbonyl (C=O) groups is 2. The summed E-state index contributed by atoms with van der Waals surface area (Å²) in [4.78, 5) is 29.1. The van der Waals surface area contributed by atoms with Crippen LogP contribution >= 0.6 is 11.3 Å². The predicted molar refractivity (Wildman–Crippen MR) is 106 cm³/mol. The van der Waals surface area contributed by atoms with Crippen molar-refractivity contribution in [1.82, 2.24) is 10.3 Å². The third kappa shape index (κ3) is 4.04. The van der Waals surface area contributed by atoms with E-state index < -0.39 is 11.4 Å². The minimum Gasteiger partial charge on any atom is -0.368 e. The highest BCUT2D eigenvalue weighted by Gasteiger charge is 2.43. The van der Waals surface area contributed by atoms with Crippen molar-refractivity contribution in [2.24, 2.45) is 17.4 Å². The molecule has 0 aliphatic carbocycles. The van der Waals surface area contributed by atoms with Gasteiger partial charge in [-0.15, -0.1) is 11.3 Å². The van der Waals surface area contributed by atoms with Crippen molar-refractivity contribution < 1.29 is 9.59 Å². The molecule has 2 aromatic rings. The van der Waals surface area contributed by atoms with E-state index in [0.29, 0.717) is 5.92 Å². The molecule has 0 aliphatic rings. The van der Waals surface area contributed by atoms with Crippen molar-refractivity contribution in [1.29, 1.82) is 0 Å². The third-order valence-electron chi connectivity index (χ3n) is 4.87. The second kappa shape index (κ2) is 8.14. The fourth-order valence-corrected chi connectivity index (χ4v) is 4.04. The second-order valence-corrected chi connectivity index (χ2v) is 8.16. The van der Waals surface area contributed by atoms with Gasteiger partial charge in [0.1, 0.15) is 5.54 Å². The van der Waals surface area contributed by atoms with E-state index in [0.717, 1.165) is 15.2 Å². The summed E-state index contributed by atoms with van der Waals surface area (Å²) >= 11 is 1.52. The summed E-state index contributed by atoms with van der Waals surface area (Å²) in [7, 11) is 0. The first-order valence-corrected chi connectivity index (χ1v) is 9.75. The second-order valence-electron chi connectivity index (χ2n) is 7.04. The van der Waals surface area contributed by atoms with Crippen LogP contribution in [0.15, 0.2) is 18.2 Å². The number of amides is 2. The molecule has 6 nitrogen and oxygen atoms in total. The van der Waals surface area contributed by atoms with E-state index in [2.05, 4.69) is 36.3 Å². The van der Waals surface area contributed by atoms with Crippen LogP contribution in [0.1, 0.15) is 50.6 Å². The molecule has 2 atom stereocenters. The highest BCUT2D eigenvalue weighted by atomic mass is 32.1. The molecule has 0 saturated heterocycles. The summed E-state index contributed by atoms with van der Waals surface area (Å²) in [5.41, 5.74) is 12.4. The number of nitrogens with one attached hydrogen (secondary N) is 1. The van der Waals surface area contributed by atoms with Crippen molar-refractivity contribution in [2.75, 3.05) is 6.54 Å². The predicted octanol–water partition coefficient (Wildman–Crippen LogP) is 2.31. The number of aromatic nitrogens is 1. The molecule has 0 radical (unpaired) electrons. The summed E-state index contributed by atoms with van der Waals surface area (Å²) in [6, 6.07) is 6.19. The lowest BCUT2D eigenvalue weighted by molar-refractivity contribution is -0.133. The lowest BCUT2D eigenvalue weighted by Crippen LogP contribution is -2.64. The smallest absolute Gasteiger partial charge is 0.243 e. The molecule has 1 unspecified atom stereocenters. The number of fused-ring (bicyclic) bond motifs is 1. The Kier molecular flexibility index (Phi) is 6.36. The van der Waals surface area contributed by atoms with Crippen LogP contribution in [0, 0.1) is 5.92 Å². The highest BCUT2D eigenvalue weighted by molar-refractivity contribution is 7.18. The normalized spacial score (nSPS) is 15.0. The quantitative estimate of drug-likeness (QED) is 0.656. The van der Waals surface area contributed by atoms with E-state index in [1.165, 1.54) is 16.9 Å². The van der Waals surface area contributed by atoms with Gasteiger partial charge in [0.25, 0.3) is 0 Å². The molecule has 1 aromatic heterocycles. The van der Waals surface area contributed by atoms with Gasteiger partial charge in [-0.25, -0.2) is 4.98 Å². The largest absolute Gasteiger partial charge is 0.368 e. The zero-order chi connectivity index (χ0) is 19.5. The van der Waals surface area contributed by atoms with E-state index in [1.807, 2.05) is 13.0 Å². The third-order valence-corrected chi connectivity index (χ3v) is 5.89. The molecule has 0 bridgehead atoms. The molecular weight excluding hydrogens is 348 g/mol. The summed E-state index contributed by atoms with van der Waals surface area (Å²) in [5, 5.41) is 3.59. The maximum absolute atomic E-state index is 12.4. The average molecular weight is 377 g/mol. The van der Waals surface area contributed by atoms with Gasteiger partial charge in [-0.3, -0.25) is 9.59 Å². The maximum atomic E-state index is 12.4. The number of hydrogen-bond donors (Lipinski definition) is 3. The van der Waals surface area contributed by atoms with Crippen molar-refractivity contribution in [3.05, 3.63) is 28.8 Å². The molecule has 2 amide bonds. The van der Waals surface area contributed by atoms with Crippen LogP contribution in [0.4, 0.5) is 0 Å². The lowest BCUT2D eigenvalue weighted by atomic mass is 9.81. The van der Waals surface area contributed by atoms with Crippen LogP contribution in [-0.4, -0.2) is 28.9 Å². The first kappa shape index (κ1) is 20.3. The standard InChI is InChI=1S/C19H28N4O2S/c1-5-16(24)23-19(18(21)25,12(4)10-20)9-17-22-14-7-6-13(11(2)3)8-15(14)26-17/h6-8,11-12H,5,9-10,20H2,1-4H3,(H2,21,25)(H,23,24)/t12-,19?/m0/s1. The lowest BCUT2D eigenvalue weighted by Gasteiger charge is -2.36. The molecule has 5 N–H and O–H groups in total. The van der Waals surface area contributed by atoms with E-state index in [1.54, 1.807) is 6.92 Å². The summed E-state index contributed by atoms with van der Waals surface area (Å²) in [6.45, 7) is 8.08. The van der Waals surface area contributed by atoms with Crippen LogP contribution in [0.5, 0.6) is 0 Å². The summed E-state index contributed by atoms with van der Waals surface area (Å²) in [5.74, 6) is -0.698. The molecule has 142 valence electrons. The SMILES string of the molecule is CCC(=O)NC(Cc1nc2ccc(C(C)C)cc2s1)(C(N)=O)[C@@H](C)CN. The van der Waals surface area contributed by atoms with Crippen LogP contribution in [0.3, 0.4) is 0 Å². The number of thiazole rings is 1. The van der Waals surface area contributed by atoms with Gasteiger partial charge in [-0.05, 0) is 30.2 Å². The molecule has 26 heavy (non-hydrogen) atoms. The van der Waals surface area contributed by atoms with Gasteiger partial charge in [-0.2, -0.15) is 0 Å². The average Bonchev–Trinajstić information content (AvgIpc) is 3.00. The van der Waals surface area contributed by atoms with Crippen molar-refractivity contribution in [2.45, 2.75) is 52.0 Å². The zero-order valence-corrected chi connectivity index (χ0v) is 16.7. The van der Waals surface area contributed by atoms with Crippen molar-refractivity contribution in [3.8, 4) is 0 Å². The van der Waals surface area contributed by atoms with E-state index >= 15 is 0 Å². The number of carbonyl (C=O) groups excluding carboxylic acids is 2. The highest BCUT2D eigenvalue weighted by Crippen LogP contribution is 2.30. The molecular formula is C19H28N4O2S. The maximum Gasteiger partial charge on any atom is 0.243 e. The Bertz CT molecular complexity index is 802. The van der Waals surface area contributed by atoms with Crippen LogP contribution < -0.4 is 16.8 Å². The molecule has 0 fully saturated rings. The number of rotatable bonds is 8. The van der Waals surface area contributed by atoms with Gasteiger partial charge >= 0.3 is 0 Å². The van der Waals surface area contributed by atoms with Gasteiger partial charge in [0.05, 0.1) is 15.2 Å².